The Hall–Kier alpha value is -2.49. The van der Waals surface area contributed by atoms with E-state index in [9.17, 15) is 4.79 Å². The molecule has 2 aromatic rings. The van der Waals surface area contributed by atoms with Crippen molar-refractivity contribution < 1.29 is 4.79 Å². The Kier molecular flexibility index (Phi) is 4.82. The van der Waals surface area contributed by atoms with E-state index in [-0.39, 0.29) is 5.91 Å². The molecular formula is C17H21N3O. The summed E-state index contributed by atoms with van der Waals surface area (Å²) in [6.45, 7) is 0.537. The first-order chi connectivity index (χ1) is 10.0. The number of anilines is 2. The molecule has 21 heavy (non-hydrogen) atoms. The maximum Gasteiger partial charge on any atom is 0.224 e. The second kappa shape index (κ2) is 6.79. The minimum Gasteiger partial charge on any atom is -0.399 e. The van der Waals surface area contributed by atoms with Crippen LogP contribution >= 0.6 is 0 Å². The molecular weight excluding hydrogens is 262 g/mol. The van der Waals surface area contributed by atoms with Gasteiger partial charge in [-0.3, -0.25) is 4.79 Å². The molecule has 1 amide bonds. The van der Waals surface area contributed by atoms with Crippen molar-refractivity contribution in [3.05, 3.63) is 59.7 Å². The summed E-state index contributed by atoms with van der Waals surface area (Å²) in [5, 5.41) is 2.92. The minimum atomic E-state index is -0.00251. The van der Waals surface area contributed by atoms with Crippen LogP contribution in [-0.2, 0) is 17.8 Å². The Morgan fingerprint density at radius 3 is 2.43 bits per heavy atom. The van der Waals surface area contributed by atoms with Crippen LogP contribution in [0.4, 0.5) is 11.4 Å². The van der Waals surface area contributed by atoms with Crippen molar-refractivity contribution in [2.75, 3.05) is 24.7 Å². The van der Waals surface area contributed by atoms with Crippen LogP contribution in [0.3, 0.4) is 0 Å². The normalized spacial score (nSPS) is 10.2. The number of benzene rings is 2. The molecule has 0 radical (unpaired) electrons. The second-order valence-electron chi connectivity index (χ2n) is 5.26. The molecule has 0 bridgehead atoms. The Labute approximate surface area is 125 Å². The van der Waals surface area contributed by atoms with Gasteiger partial charge in [0.1, 0.15) is 0 Å². The van der Waals surface area contributed by atoms with Crippen LogP contribution in [0.2, 0.25) is 0 Å². The Morgan fingerprint density at radius 1 is 1.10 bits per heavy atom. The van der Waals surface area contributed by atoms with Crippen molar-refractivity contribution in [3.8, 4) is 0 Å². The van der Waals surface area contributed by atoms with Crippen LogP contribution < -0.4 is 16.0 Å². The van der Waals surface area contributed by atoms with Crippen LogP contribution in [0.1, 0.15) is 11.1 Å². The molecule has 0 aromatic heterocycles. The summed E-state index contributed by atoms with van der Waals surface area (Å²) >= 11 is 0. The van der Waals surface area contributed by atoms with Crippen molar-refractivity contribution in [2.45, 2.75) is 13.0 Å². The molecule has 110 valence electrons. The van der Waals surface area contributed by atoms with E-state index in [0.29, 0.717) is 18.7 Å². The number of amides is 1. The highest BCUT2D eigenvalue weighted by molar-refractivity contribution is 5.78. The lowest BCUT2D eigenvalue weighted by Gasteiger charge is -2.13. The standard InChI is InChI=1S/C17H21N3O/c1-20(2)16-8-6-13(7-9-16)12-19-17(21)11-14-4-3-5-15(18)10-14/h3-10H,11-12,18H2,1-2H3,(H,19,21). The third-order valence-corrected chi connectivity index (χ3v) is 3.26. The third-order valence-electron chi connectivity index (χ3n) is 3.26. The lowest BCUT2D eigenvalue weighted by molar-refractivity contribution is -0.120. The van der Waals surface area contributed by atoms with Crippen molar-refractivity contribution in [1.82, 2.24) is 5.32 Å². The van der Waals surface area contributed by atoms with Crippen LogP contribution in [0, 0.1) is 0 Å². The summed E-state index contributed by atoms with van der Waals surface area (Å²) in [5.74, 6) is -0.00251. The van der Waals surface area contributed by atoms with Crippen molar-refractivity contribution >= 4 is 17.3 Å². The topological polar surface area (TPSA) is 58.4 Å². The number of hydrogen-bond donors (Lipinski definition) is 2. The average molecular weight is 283 g/mol. The Morgan fingerprint density at radius 2 is 1.81 bits per heavy atom. The molecule has 0 saturated carbocycles. The molecule has 4 heteroatoms. The summed E-state index contributed by atoms with van der Waals surface area (Å²) in [6, 6.07) is 15.5. The second-order valence-corrected chi connectivity index (χ2v) is 5.26. The van der Waals surface area contributed by atoms with E-state index in [0.717, 1.165) is 16.8 Å². The summed E-state index contributed by atoms with van der Waals surface area (Å²) in [6.07, 6.45) is 0.348. The van der Waals surface area contributed by atoms with Gasteiger partial charge in [0, 0.05) is 32.0 Å². The zero-order valence-corrected chi connectivity index (χ0v) is 12.5. The van der Waals surface area contributed by atoms with E-state index in [1.807, 2.05) is 67.5 Å². The molecule has 0 fully saturated rings. The quantitative estimate of drug-likeness (QED) is 0.827. The molecule has 2 aromatic carbocycles. The van der Waals surface area contributed by atoms with Crippen molar-refractivity contribution in [1.29, 1.82) is 0 Å². The molecule has 4 nitrogen and oxygen atoms in total. The van der Waals surface area contributed by atoms with E-state index in [1.165, 1.54) is 0 Å². The first-order valence-corrected chi connectivity index (χ1v) is 6.92. The van der Waals surface area contributed by atoms with E-state index in [2.05, 4.69) is 5.32 Å². The summed E-state index contributed by atoms with van der Waals surface area (Å²) in [4.78, 5) is 14.0. The fraction of sp³-hybridized carbons (Fsp3) is 0.235. The van der Waals surface area contributed by atoms with E-state index in [4.69, 9.17) is 5.73 Å². The highest BCUT2D eigenvalue weighted by Gasteiger charge is 2.04. The van der Waals surface area contributed by atoms with Gasteiger partial charge in [-0.25, -0.2) is 0 Å². The Bertz CT molecular complexity index is 606. The van der Waals surface area contributed by atoms with Crippen molar-refractivity contribution in [2.24, 2.45) is 0 Å². The third kappa shape index (κ3) is 4.53. The van der Waals surface area contributed by atoms with Gasteiger partial charge in [0.05, 0.1) is 6.42 Å². The predicted octanol–water partition coefficient (Wildman–Crippen LogP) is 2.19. The number of nitrogens with zero attached hydrogens (tertiary/aromatic N) is 1. The maximum atomic E-state index is 11.9. The fourth-order valence-corrected chi connectivity index (χ4v) is 2.06. The number of carbonyl (C=O) groups excluding carboxylic acids is 1. The summed E-state index contributed by atoms with van der Waals surface area (Å²) in [7, 11) is 4.00. The van der Waals surface area contributed by atoms with Crippen LogP contribution in [0.5, 0.6) is 0 Å². The molecule has 0 saturated heterocycles. The largest absolute Gasteiger partial charge is 0.399 e. The molecule has 0 aliphatic rings. The van der Waals surface area contributed by atoms with Gasteiger partial charge in [-0.1, -0.05) is 24.3 Å². The lowest BCUT2D eigenvalue weighted by Crippen LogP contribution is -2.24. The van der Waals surface area contributed by atoms with Gasteiger partial charge >= 0.3 is 0 Å². The Balaban J connectivity index is 1.86. The number of carbonyl (C=O) groups is 1. The van der Waals surface area contributed by atoms with Gasteiger partial charge in [0.15, 0.2) is 0 Å². The number of nitrogen functional groups attached to an aromatic ring is 1. The number of hydrogen-bond acceptors (Lipinski definition) is 3. The fourth-order valence-electron chi connectivity index (χ4n) is 2.06. The molecule has 0 unspecified atom stereocenters. The minimum absolute atomic E-state index is 0.00251. The molecule has 0 heterocycles. The molecule has 0 spiro atoms. The summed E-state index contributed by atoms with van der Waals surface area (Å²) in [5.41, 5.74) is 9.54. The zero-order chi connectivity index (χ0) is 15.2. The van der Waals surface area contributed by atoms with E-state index >= 15 is 0 Å². The predicted molar refractivity (Wildman–Crippen MR) is 87.2 cm³/mol. The molecule has 0 aliphatic carbocycles. The van der Waals surface area contributed by atoms with Gasteiger partial charge in [-0.2, -0.15) is 0 Å². The first kappa shape index (κ1) is 14.9. The van der Waals surface area contributed by atoms with Crippen molar-refractivity contribution in [3.63, 3.8) is 0 Å². The molecule has 3 N–H and O–H groups in total. The number of nitrogens with one attached hydrogen (secondary N) is 1. The van der Waals surface area contributed by atoms with Gasteiger partial charge in [-0.15, -0.1) is 0 Å². The van der Waals surface area contributed by atoms with Gasteiger partial charge in [0.2, 0.25) is 5.91 Å². The van der Waals surface area contributed by atoms with Crippen LogP contribution in [-0.4, -0.2) is 20.0 Å². The first-order valence-electron chi connectivity index (χ1n) is 6.92. The molecule has 0 atom stereocenters. The monoisotopic (exact) mass is 283 g/mol. The molecule has 0 aliphatic heterocycles. The summed E-state index contributed by atoms with van der Waals surface area (Å²) < 4.78 is 0. The van der Waals surface area contributed by atoms with Gasteiger partial charge in [0.25, 0.3) is 0 Å². The van der Waals surface area contributed by atoms with Crippen LogP contribution in [0.15, 0.2) is 48.5 Å². The average Bonchev–Trinajstić information content (AvgIpc) is 2.45. The smallest absolute Gasteiger partial charge is 0.224 e. The van der Waals surface area contributed by atoms with Crippen LogP contribution in [0.25, 0.3) is 0 Å². The van der Waals surface area contributed by atoms with E-state index < -0.39 is 0 Å². The number of nitrogens with two attached hydrogens (primary N) is 1. The maximum absolute atomic E-state index is 11.9. The zero-order valence-electron chi connectivity index (χ0n) is 12.5. The lowest BCUT2D eigenvalue weighted by atomic mass is 10.1. The highest BCUT2D eigenvalue weighted by atomic mass is 16.1. The van der Waals surface area contributed by atoms with Gasteiger partial charge in [-0.05, 0) is 35.4 Å². The molecule has 2 rings (SSSR count). The van der Waals surface area contributed by atoms with E-state index in [1.54, 1.807) is 0 Å². The SMILES string of the molecule is CN(C)c1ccc(CNC(=O)Cc2cccc(N)c2)cc1. The van der Waals surface area contributed by atoms with Gasteiger partial charge < -0.3 is 16.0 Å². The highest BCUT2D eigenvalue weighted by Crippen LogP contribution is 2.12. The number of rotatable bonds is 5.